The van der Waals surface area contributed by atoms with Gasteiger partial charge in [-0.2, -0.15) is 9.97 Å². The fourth-order valence-corrected chi connectivity index (χ4v) is 33.0. The van der Waals surface area contributed by atoms with Crippen LogP contribution < -0.4 is 34.9 Å². The second kappa shape index (κ2) is 44.5. The van der Waals surface area contributed by atoms with E-state index in [1.165, 1.54) is 57.9 Å². The summed E-state index contributed by atoms with van der Waals surface area (Å²) in [7, 11) is 0. The van der Waals surface area contributed by atoms with Crippen molar-refractivity contribution in [2.75, 3.05) is 29.2 Å². The summed E-state index contributed by atoms with van der Waals surface area (Å²) in [6.45, 7) is 25.5. The van der Waals surface area contributed by atoms with Crippen LogP contribution in [-0.4, -0.2) is 132 Å². The van der Waals surface area contributed by atoms with Gasteiger partial charge in [0.05, 0.1) is 44.1 Å². The number of thiazole rings is 2. The predicted octanol–water partition coefficient (Wildman–Crippen LogP) is 18.0. The molecule has 0 radical (unpaired) electrons. The molecule has 2 aliphatic carbocycles. The van der Waals surface area contributed by atoms with Crippen LogP contribution in [0.4, 0.5) is 17.5 Å². The first kappa shape index (κ1) is 86.2. The quantitative estimate of drug-likeness (QED) is 0.0250. The summed E-state index contributed by atoms with van der Waals surface area (Å²) in [6.07, 6.45) is 14.3. The van der Waals surface area contributed by atoms with Crippen LogP contribution in [0, 0.1) is 67.2 Å². The first-order chi connectivity index (χ1) is 52.6. The van der Waals surface area contributed by atoms with Crippen molar-refractivity contribution in [1.82, 2.24) is 101 Å². The molecule has 0 bridgehead atoms. The van der Waals surface area contributed by atoms with E-state index in [9.17, 15) is 0 Å². The van der Waals surface area contributed by atoms with Crippen LogP contribution in [0.15, 0.2) is 87.2 Å². The Labute approximate surface area is 687 Å². The van der Waals surface area contributed by atoms with Gasteiger partial charge in [-0.1, -0.05) is 68.8 Å². The Hall–Kier alpha value is -6.77. The molecule has 12 aromatic rings. The maximum Gasteiger partial charge on any atom is 0.218 e. The molecule has 578 valence electrons. The molecule has 4 atom stereocenters. The van der Waals surface area contributed by atoms with Crippen molar-refractivity contribution < 1.29 is 9.47 Å². The maximum atomic E-state index is 5.99. The Bertz CT molecular complexity index is 4590. The van der Waals surface area contributed by atoms with E-state index < -0.39 is 18.4 Å². The van der Waals surface area contributed by atoms with Crippen molar-refractivity contribution in [3.05, 3.63) is 177 Å². The Morgan fingerprint density at radius 1 is 0.477 bits per heavy atom. The Balaban J connectivity index is 0.000000160. The number of aromatic nitrogens is 20. The second-order valence-electron chi connectivity index (χ2n) is 25.6. The molecule has 0 aromatic carbocycles. The monoisotopic (exact) mass is 1820 g/mol. The number of pyridine rings is 2. The van der Waals surface area contributed by atoms with Gasteiger partial charge in [0.1, 0.15) is 96.3 Å². The molecule has 109 heavy (non-hydrogen) atoms. The van der Waals surface area contributed by atoms with Gasteiger partial charge in [-0.05, 0) is 108 Å². The second-order valence-corrected chi connectivity index (χ2v) is 47.3. The van der Waals surface area contributed by atoms with Crippen LogP contribution >= 0.6 is 119 Å². The summed E-state index contributed by atoms with van der Waals surface area (Å²) in [5.41, 5.74) is 13.4. The number of unbranched alkanes of at least 4 members (excludes halogenated alkanes) is 3. The minimum Gasteiger partial charge on any atom is -0.477 e. The van der Waals surface area contributed by atoms with E-state index >= 15 is 0 Å². The third-order valence-corrected chi connectivity index (χ3v) is 38.0. The normalized spacial score (nSPS) is 14.5. The van der Waals surface area contributed by atoms with Gasteiger partial charge >= 0.3 is 122 Å². The molecule has 0 saturated heterocycles. The van der Waals surface area contributed by atoms with Crippen LogP contribution in [0.2, 0.25) is 28.8 Å². The van der Waals surface area contributed by atoms with E-state index in [4.69, 9.17) is 55.0 Å². The predicted molar refractivity (Wildman–Crippen MR) is 447 cm³/mol. The number of halogens is 4. The van der Waals surface area contributed by atoms with Crippen molar-refractivity contribution in [1.29, 1.82) is 0 Å². The van der Waals surface area contributed by atoms with Crippen molar-refractivity contribution in [2.45, 2.75) is 179 Å². The molecule has 0 spiro atoms. The van der Waals surface area contributed by atoms with Gasteiger partial charge < -0.3 is 31.2 Å². The SMILES string of the molecule is CCC[CH2][Sn]([CH2]CCC)([CH2]CCC)[c]1cscn1.Cc1nc(Cl)cc(Cl)n1.Cc1nc(Cl)cc(NCc2nnc(C)s2)n1.Cc1nc(NCc2nnc(C)s2)cc(OC[C@H]2C[C@@H]2c2ccc(-c3cscn3)cn2)n1.Cc1nc(NCc2nnc(C)s2)cc(OC[C@H]2C[C@@H]2c2ccc(Br)cn2)n1.Cc1nnc(CN)s1. The maximum absolute atomic E-state index is 5.99. The van der Waals surface area contributed by atoms with Crippen LogP contribution in [0.5, 0.6) is 11.8 Å². The molecular weight excluding hydrogens is 1730 g/mol. The third kappa shape index (κ3) is 29.7. The minimum atomic E-state index is -2.13. The third-order valence-electron chi connectivity index (χ3n) is 16.7. The largest absolute Gasteiger partial charge is 0.477 e. The van der Waals surface area contributed by atoms with E-state index in [2.05, 4.69) is 177 Å². The van der Waals surface area contributed by atoms with Gasteiger partial charge in [0.2, 0.25) is 11.8 Å². The molecule has 0 aliphatic heterocycles. The zero-order chi connectivity index (χ0) is 77.7. The molecule has 37 heteroatoms. The van der Waals surface area contributed by atoms with E-state index in [0.29, 0.717) is 119 Å². The van der Waals surface area contributed by atoms with Crippen molar-refractivity contribution in [3.63, 3.8) is 0 Å². The number of ether oxygens (including phenoxy) is 2. The van der Waals surface area contributed by atoms with Crippen LogP contribution in [0.3, 0.4) is 0 Å². The van der Waals surface area contributed by atoms with Crippen molar-refractivity contribution >= 4 is 158 Å². The number of hydrogen-bond acceptors (Lipinski definition) is 32. The van der Waals surface area contributed by atoms with Crippen LogP contribution in [-0.2, 0) is 26.2 Å². The van der Waals surface area contributed by atoms with Gasteiger partial charge in [0, 0.05) is 93.7 Å². The number of nitrogens with two attached hydrogens (primary N) is 1. The number of nitrogens with zero attached hydrogens (tertiary/aromatic N) is 20. The Kier molecular flexibility index (Phi) is 35.2. The summed E-state index contributed by atoms with van der Waals surface area (Å²) >= 11 is 27.8. The molecule has 12 aromatic heterocycles. The van der Waals surface area contributed by atoms with E-state index in [1.807, 2.05) is 94.4 Å². The average molecular weight is 1820 g/mol. The summed E-state index contributed by atoms with van der Waals surface area (Å²) in [5.74, 6) is 7.74. The summed E-state index contributed by atoms with van der Waals surface area (Å²) in [6, 6.07) is 15.1. The Morgan fingerprint density at radius 2 is 0.890 bits per heavy atom. The van der Waals surface area contributed by atoms with E-state index in [0.717, 1.165) is 91.7 Å². The summed E-state index contributed by atoms with van der Waals surface area (Å²) in [5, 5.41) is 54.6. The topological polar surface area (TPSA) is 338 Å². The zero-order valence-electron chi connectivity index (χ0n) is 62.7. The van der Waals surface area contributed by atoms with Gasteiger partial charge in [-0.25, -0.2) is 34.9 Å². The standard InChI is InChI=1S/C21H21N7OS2.C18H19BrN6OS.C9H10ClN5S.C5H4Cl2N2.C4H7N3S.3C4H9.C3H2NS.Sn/c1-12-25-19(23-8-21-28-27-13(2)31-21)6-20(26-12)29-9-15-5-16(15)17-4-3-14(7-22-17)18-10-30-11-24-18;1-10-22-16(21-8-18-25-24-11(2)27-18)6-17(23-10)26-9-12-5-14(12)15-4-3-13(19)7-20-15;1-5-12-7(10)3-8(13-5)11-4-9-15-14-6(2)16-9;1-3-8-4(6)2-5(7)9-3;1-3-6-7-4(2-5)8-3;3*1-3-4-2;1-2-5-3-4-1;/h3-4,6-7,10-11,15-16H,5,8-9H2,1-2H3,(H,23,25,26);3-4,6-7,12,14H,5,8-9H2,1-2H3,(H,21,22,23);3H,4H2,1-2H3,(H,11,12,13);2H,1H3;2,5H2,1H3;3*1,3-4H2,2H3;2-3H;/t15-,16+;12-,14+;;;;;;;;/m11......../s1. The van der Waals surface area contributed by atoms with Crippen LogP contribution in [0.1, 0.15) is 159 Å². The fraction of sp³-hybridized carbons (Fsp3) is 0.444. The van der Waals surface area contributed by atoms with Crippen molar-refractivity contribution in [2.24, 2.45) is 17.6 Å². The molecule has 2 aliphatic rings. The zero-order valence-corrected chi connectivity index (χ0v) is 74.3. The van der Waals surface area contributed by atoms with Gasteiger partial charge in [0.15, 0.2) is 0 Å². The van der Waals surface area contributed by atoms with Gasteiger partial charge in [-0.3, -0.25) is 9.97 Å². The molecule has 0 unspecified atom stereocenters. The first-order valence-electron chi connectivity index (χ1n) is 35.7. The number of nitrogens with one attached hydrogen (secondary N) is 3. The smallest absolute Gasteiger partial charge is 0.218 e. The molecular formula is C72H90BrCl3N24O2S6Sn. The van der Waals surface area contributed by atoms with Crippen LogP contribution in [0.25, 0.3) is 11.3 Å². The molecule has 26 nitrogen and oxygen atoms in total. The fourth-order valence-electron chi connectivity index (χ4n) is 11.2. The molecule has 0 amide bonds. The van der Waals surface area contributed by atoms with Crippen molar-refractivity contribution in [3.8, 4) is 23.0 Å². The molecule has 14 rings (SSSR count). The Morgan fingerprint density at radius 3 is 1.25 bits per heavy atom. The molecule has 5 N–H and O–H groups in total. The summed E-state index contributed by atoms with van der Waals surface area (Å²) < 4.78 is 19.1. The van der Waals surface area contributed by atoms with E-state index in [1.54, 1.807) is 80.3 Å². The number of anilines is 3. The molecule has 2 fully saturated rings. The van der Waals surface area contributed by atoms with Gasteiger partial charge in [0.25, 0.3) is 0 Å². The molecule has 12 heterocycles. The first-order valence-corrected chi connectivity index (χ1v) is 50.3. The number of rotatable bonds is 29. The average Bonchev–Trinajstić information content (AvgIpc) is 1.65. The summed E-state index contributed by atoms with van der Waals surface area (Å²) in [4.78, 5) is 51.7. The minimum absolute atomic E-state index is 0.382. The number of hydrogen-bond donors (Lipinski definition) is 4. The van der Waals surface area contributed by atoms with Gasteiger partial charge in [-0.15, -0.1) is 63.5 Å². The molecule has 2 saturated carbocycles. The number of aryl methyl sites for hydroxylation is 8. The van der Waals surface area contributed by atoms with E-state index in [-0.39, 0.29) is 0 Å².